The summed E-state index contributed by atoms with van der Waals surface area (Å²) >= 11 is 0. The molecule has 0 atom stereocenters. The fourth-order valence-electron chi connectivity index (χ4n) is 2.37. The number of aryl methyl sites for hydroxylation is 1. The van der Waals surface area contributed by atoms with Gasteiger partial charge in [-0.25, -0.2) is 0 Å². The molecule has 2 aromatic heterocycles. The number of pyridine rings is 1. The lowest BCUT2D eigenvalue weighted by atomic mass is 10.0. The van der Waals surface area contributed by atoms with Crippen LogP contribution in [-0.4, -0.2) is 9.55 Å². The molecular formula is C15H11N3O. The first-order valence-electron chi connectivity index (χ1n) is 5.88. The largest absolute Gasteiger partial charge is 0.350 e. The lowest BCUT2D eigenvalue weighted by molar-refractivity contribution is 0.970. The van der Waals surface area contributed by atoms with Crippen LogP contribution in [0.4, 0.5) is 0 Å². The average Bonchev–Trinajstić information content (AvgIpc) is 2.76. The van der Waals surface area contributed by atoms with Crippen molar-refractivity contribution in [2.75, 3.05) is 0 Å². The summed E-state index contributed by atoms with van der Waals surface area (Å²) in [5, 5.41) is 10.2. The van der Waals surface area contributed by atoms with Crippen molar-refractivity contribution in [3.8, 4) is 17.2 Å². The number of hydrogen-bond acceptors (Lipinski definition) is 2. The summed E-state index contributed by atoms with van der Waals surface area (Å²) in [5.41, 5.74) is 2.44. The van der Waals surface area contributed by atoms with Crippen LogP contribution in [-0.2, 0) is 7.05 Å². The van der Waals surface area contributed by atoms with Crippen LogP contribution < -0.4 is 5.56 Å². The molecule has 1 aromatic carbocycles. The van der Waals surface area contributed by atoms with Gasteiger partial charge in [0.15, 0.2) is 0 Å². The van der Waals surface area contributed by atoms with Gasteiger partial charge >= 0.3 is 0 Å². The highest BCUT2D eigenvalue weighted by molar-refractivity contribution is 5.97. The first-order chi connectivity index (χ1) is 9.22. The molecular weight excluding hydrogens is 238 g/mol. The highest BCUT2D eigenvalue weighted by Gasteiger charge is 2.13. The van der Waals surface area contributed by atoms with E-state index in [0.717, 1.165) is 16.5 Å². The lowest BCUT2D eigenvalue weighted by Gasteiger charge is -2.01. The Bertz CT molecular complexity index is 865. The van der Waals surface area contributed by atoms with Crippen LogP contribution in [0, 0.1) is 11.3 Å². The lowest BCUT2D eigenvalue weighted by Crippen LogP contribution is -2.10. The fraction of sp³-hybridized carbons (Fsp3) is 0.0667. The SMILES string of the molecule is Cn1cc(-c2cc[nH]c(=O)c2C#N)c2ccccc21. The first kappa shape index (κ1) is 11.3. The van der Waals surface area contributed by atoms with Gasteiger partial charge in [0.1, 0.15) is 11.6 Å². The maximum atomic E-state index is 11.7. The molecule has 4 nitrogen and oxygen atoms in total. The van der Waals surface area contributed by atoms with Crippen LogP contribution >= 0.6 is 0 Å². The van der Waals surface area contributed by atoms with Gasteiger partial charge in [-0.3, -0.25) is 4.79 Å². The molecule has 19 heavy (non-hydrogen) atoms. The summed E-state index contributed by atoms with van der Waals surface area (Å²) in [5.74, 6) is 0. The van der Waals surface area contributed by atoms with Gasteiger partial charge in [0.25, 0.3) is 5.56 Å². The molecule has 0 amide bonds. The Morgan fingerprint density at radius 1 is 1.21 bits per heavy atom. The fourth-order valence-corrected chi connectivity index (χ4v) is 2.37. The van der Waals surface area contributed by atoms with E-state index in [-0.39, 0.29) is 11.1 Å². The minimum atomic E-state index is -0.354. The van der Waals surface area contributed by atoms with Crippen molar-refractivity contribution in [1.29, 1.82) is 5.26 Å². The van der Waals surface area contributed by atoms with Gasteiger partial charge in [0.05, 0.1) is 0 Å². The predicted octanol–water partition coefficient (Wildman–Crippen LogP) is 2.41. The van der Waals surface area contributed by atoms with Crippen molar-refractivity contribution >= 4 is 10.9 Å². The highest BCUT2D eigenvalue weighted by Crippen LogP contribution is 2.30. The maximum absolute atomic E-state index is 11.7. The van der Waals surface area contributed by atoms with E-state index < -0.39 is 0 Å². The Balaban J connectivity index is 2.42. The maximum Gasteiger partial charge on any atom is 0.266 e. The monoisotopic (exact) mass is 249 g/mol. The van der Waals surface area contributed by atoms with E-state index in [4.69, 9.17) is 5.26 Å². The average molecular weight is 249 g/mol. The second kappa shape index (κ2) is 4.14. The van der Waals surface area contributed by atoms with E-state index in [1.165, 1.54) is 0 Å². The molecule has 0 unspecified atom stereocenters. The Labute approximate surface area is 109 Å². The van der Waals surface area contributed by atoms with E-state index >= 15 is 0 Å². The Morgan fingerprint density at radius 2 is 2.00 bits per heavy atom. The third-order valence-corrected chi connectivity index (χ3v) is 3.26. The van der Waals surface area contributed by atoms with Crippen molar-refractivity contribution in [2.24, 2.45) is 7.05 Å². The molecule has 4 heteroatoms. The molecule has 1 N–H and O–H groups in total. The topological polar surface area (TPSA) is 61.6 Å². The highest BCUT2D eigenvalue weighted by atomic mass is 16.1. The van der Waals surface area contributed by atoms with Crippen molar-refractivity contribution in [2.45, 2.75) is 0 Å². The smallest absolute Gasteiger partial charge is 0.266 e. The number of benzene rings is 1. The third kappa shape index (κ3) is 1.64. The van der Waals surface area contributed by atoms with Crippen molar-refractivity contribution in [3.63, 3.8) is 0 Å². The standard InChI is InChI=1S/C15H11N3O/c1-18-9-13(11-4-2-3-5-14(11)18)10-6-7-17-15(19)12(10)8-16/h2-7,9H,1H3,(H,17,19). The number of H-pyrrole nitrogens is 1. The number of rotatable bonds is 1. The quantitative estimate of drug-likeness (QED) is 0.719. The number of nitrogens with one attached hydrogen (secondary N) is 1. The number of fused-ring (bicyclic) bond motifs is 1. The van der Waals surface area contributed by atoms with E-state index in [0.29, 0.717) is 5.56 Å². The zero-order chi connectivity index (χ0) is 13.4. The number of nitriles is 1. The van der Waals surface area contributed by atoms with Gasteiger partial charge in [-0.1, -0.05) is 18.2 Å². The number of aromatic nitrogens is 2. The predicted molar refractivity (Wildman–Crippen MR) is 73.7 cm³/mol. The molecule has 0 radical (unpaired) electrons. The van der Waals surface area contributed by atoms with Crippen LogP contribution in [0.1, 0.15) is 5.56 Å². The summed E-state index contributed by atoms with van der Waals surface area (Å²) in [6, 6.07) is 11.7. The van der Waals surface area contributed by atoms with Gasteiger partial charge < -0.3 is 9.55 Å². The molecule has 0 fully saturated rings. The molecule has 2 heterocycles. The minimum Gasteiger partial charge on any atom is -0.350 e. The van der Waals surface area contributed by atoms with Crippen LogP contribution in [0.15, 0.2) is 47.5 Å². The van der Waals surface area contributed by atoms with Crippen LogP contribution in [0.3, 0.4) is 0 Å². The molecule has 0 saturated carbocycles. The van der Waals surface area contributed by atoms with Gasteiger partial charge in [0, 0.05) is 41.5 Å². The van der Waals surface area contributed by atoms with Gasteiger partial charge in [0.2, 0.25) is 0 Å². The van der Waals surface area contributed by atoms with Crippen LogP contribution in [0.25, 0.3) is 22.0 Å². The minimum absolute atomic E-state index is 0.152. The van der Waals surface area contributed by atoms with Crippen LogP contribution in [0.2, 0.25) is 0 Å². The second-order valence-electron chi connectivity index (χ2n) is 4.38. The number of nitrogens with zero attached hydrogens (tertiary/aromatic N) is 2. The molecule has 0 aliphatic carbocycles. The summed E-state index contributed by atoms with van der Waals surface area (Å²) in [6.45, 7) is 0. The van der Waals surface area contributed by atoms with Gasteiger partial charge in [-0.15, -0.1) is 0 Å². The summed E-state index contributed by atoms with van der Waals surface area (Å²) in [7, 11) is 1.95. The second-order valence-corrected chi connectivity index (χ2v) is 4.38. The van der Waals surface area contributed by atoms with E-state index in [1.54, 1.807) is 12.3 Å². The Kier molecular flexibility index (Phi) is 2.46. The van der Waals surface area contributed by atoms with Crippen molar-refractivity contribution < 1.29 is 0 Å². The van der Waals surface area contributed by atoms with Crippen molar-refractivity contribution in [1.82, 2.24) is 9.55 Å². The summed E-state index contributed by atoms with van der Waals surface area (Å²) in [4.78, 5) is 14.2. The summed E-state index contributed by atoms with van der Waals surface area (Å²) < 4.78 is 1.99. The van der Waals surface area contributed by atoms with Crippen molar-refractivity contribution in [3.05, 3.63) is 58.6 Å². The van der Waals surface area contributed by atoms with E-state index in [9.17, 15) is 4.79 Å². The molecule has 0 spiro atoms. The Morgan fingerprint density at radius 3 is 2.79 bits per heavy atom. The molecule has 0 aliphatic rings. The van der Waals surface area contributed by atoms with Crippen LogP contribution in [0.5, 0.6) is 0 Å². The molecule has 0 bridgehead atoms. The molecule has 3 aromatic rings. The van der Waals surface area contributed by atoms with E-state index in [1.807, 2.05) is 48.1 Å². The zero-order valence-electron chi connectivity index (χ0n) is 10.3. The third-order valence-electron chi connectivity index (χ3n) is 3.26. The molecule has 3 rings (SSSR count). The number of hydrogen-bond donors (Lipinski definition) is 1. The molecule has 92 valence electrons. The first-order valence-corrected chi connectivity index (χ1v) is 5.88. The van der Waals surface area contributed by atoms with Gasteiger partial charge in [-0.05, 0) is 12.1 Å². The molecule has 0 saturated heterocycles. The Hall–Kier alpha value is -2.80. The van der Waals surface area contributed by atoms with Gasteiger partial charge in [-0.2, -0.15) is 5.26 Å². The number of para-hydroxylation sites is 1. The van der Waals surface area contributed by atoms with E-state index in [2.05, 4.69) is 4.98 Å². The normalized spacial score (nSPS) is 10.5. The number of aromatic amines is 1. The zero-order valence-corrected chi connectivity index (χ0v) is 10.3. The molecule has 0 aliphatic heterocycles. The summed E-state index contributed by atoms with van der Waals surface area (Å²) in [6.07, 6.45) is 3.51.